The Labute approximate surface area is 246 Å². The van der Waals surface area contributed by atoms with Crippen molar-refractivity contribution in [3.8, 4) is 0 Å². The third kappa shape index (κ3) is 6.21. The number of carbonyl (C=O) groups is 1. The average molecular weight is 624 g/mol. The number of hydrogen-bond donors (Lipinski definition) is 1. The number of fused-ring (bicyclic) bond motifs is 2. The molecule has 0 saturated carbocycles. The highest BCUT2D eigenvalue weighted by molar-refractivity contribution is 7.91. The largest absolute Gasteiger partial charge is 0.451 e. The molecule has 1 fully saturated rings. The molecule has 226 valence electrons. The number of aromatic nitrogens is 3. The number of carbonyl (C=O) groups excluding carboxylic acids is 1. The number of halogens is 3. The predicted molar refractivity (Wildman–Crippen MR) is 150 cm³/mol. The summed E-state index contributed by atoms with van der Waals surface area (Å²) in [6.45, 7) is 6.99. The first kappa shape index (κ1) is 30.5. The van der Waals surface area contributed by atoms with Gasteiger partial charge in [0.25, 0.3) is 5.91 Å². The van der Waals surface area contributed by atoms with Gasteiger partial charge in [0.2, 0.25) is 5.82 Å². The van der Waals surface area contributed by atoms with E-state index in [1.54, 1.807) is 13.0 Å². The zero-order valence-electron chi connectivity index (χ0n) is 23.4. The molecule has 1 amide bonds. The first-order valence-electron chi connectivity index (χ1n) is 13.7. The molecule has 3 aromatic rings. The van der Waals surface area contributed by atoms with E-state index in [1.165, 1.54) is 36.0 Å². The van der Waals surface area contributed by atoms with E-state index < -0.39 is 27.4 Å². The van der Waals surface area contributed by atoms with Gasteiger partial charge in [0.15, 0.2) is 9.84 Å². The quantitative estimate of drug-likeness (QED) is 0.403. The van der Waals surface area contributed by atoms with Gasteiger partial charge in [-0.2, -0.15) is 13.2 Å². The molecule has 5 rings (SSSR count). The van der Waals surface area contributed by atoms with Crippen LogP contribution in [-0.4, -0.2) is 59.1 Å². The van der Waals surface area contributed by atoms with Crippen LogP contribution in [-0.2, 0) is 39.3 Å². The highest BCUT2D eigenvalue weighted by atomic mass is 32.2. The molecule has 1 saturated heterocycles. The van der Waals surface area contributed by atoms with Gasteiger partial charge in [0.1, 0.15) is 5.60 Å². The maximum Gasteiger partial charge on any atom is 0.451 e. The Balaban J connectivity index is 1.25. The van der Waals surface area contributed by atoms with Crippen LogP contribution in [0.4, 0.5) is 13.2 Å². The minimum atomic E-state index is -4.58. The lowest BCUT2D eigenvalue weighted by Crippen LogP contribution is -2.48. The summed E-state index contributed by atoms with van der Waals surface area (Å²) in [6, 6.07) is 4.85. The number of pyridine rings is 1. The van der Waals surface area contributed by atoms with Crippen molar-refractivity contribution in [2.45, 2.75) is 75.4 Å². The van der Waals surface area contributed by atoms with Crippen LogP contribution in [0.5, 0.6) is 0 Å². The Morgan fingerprint density at radius 3 is 2.48 bits per heavy atom. The van der Waals surface area contributed by atoms with Gasteiger partial charge in [0, 0.05) is 48.2 Å². The topological polar surface area (TPSA) is 114 Å². The molecule has 9 nitrogen and oxygen atoms in total. The summed E-state index contributed by atoms with van der Waals surface area (Å²) in [4.78, 5) is 28.2. The second kappa shape index (κ2) is 11.6. The normalized spacial score (nSPS) is 19.8. The lowest BCUT2D eigenvalue weighted by Gasteiger charge is -2.47. The van der Waals surface area contributed by atoms with Crippen LogP contribution >= 0.6 is 11.3 Å². The Morgan fingerprint density at radius 1 is 1.19 bits per heavy atom. The molecule has 5 heterocycles. The molecule has 2 aliphatic rings. The highest BCUT2D eigenvalue weighted by Crippen LogP contribution is 2.48. The van der Waals surface area contributed by atoms with Crippen molar-refractivity contribution in [3.63, 3.8) is 0 Å². The van der Waals surface area contributed by atoms with Crippen molar-refractivity contribution in [1.29, 1.82) is 0 Å². The Kier molecular flexibility index (Phi) is 8.45. The zero-order valence-corrected chi connectivity index (χ0v) is 25.1. The number of amides is 1. The molecule has 1 unspecified atom stereocenters. The molecule has 2 aliphatic heterocycles. The first-order chi connectivity index (χ1) is 19.8. The molecule has 14 heteroatoms. The second-order valence-electron chi connectivity index (χ2n) is 10.7. The number of thiophene rings is 1. The van der Waals surface area contributed by atoms with E-state index in [-0.39, 0.29) is 35.2 Å². The number of ether oxygens (including phenoxy) is 1. The smallest absolute Gasteiger partial charge is 0.366 e. The van der Waals surface area contributed by atoms with Crippen molar-refractivity contribution in [1.82, 2.24) is 25.2 Å². The number of hydrogen-bond acceptors (Lipinski definition) is 9. The van der Waals surface area contributed by atoms with E-state index in [0.29, 0.717) is 48.5 Å². The minimum Gasteiger partial charge on any atom is -0.366 e. The molecule has 2 atom stereocenters. The number of nitrogens with zero attached hydrogens (tertiary/aromatic N) is 4. The number of rotatable bonds is 7. The third-order valence-electron chi connectivity index (χ3n) is 7.91. The Morgan fingerprint density at radius 2 is 1.88 bits per heavy atom. The van der Waals surface area contributed by atoms with Gasteiger partial charge in [-0.25, -0.2) is 18.4 Å². The zero-order chi connectivity index (χ0) is 30.3. The fourth-order valence-electron chi connectivity index (χ4n) is 5.52. The lowest BCUT2D eigenvalue weighted by molar-refractivity contribution is -0.145. The number of sulfone groups is 1. The average Bonchev–Trinajstić information content (AvgIpc) is 3.41. The first-order valence-corrected chi connectivity index (χ1v) is 16.2. The van der Waals surface area contributed by atoms with Crippen LogP contribution in [0.1, 0.15) is 76.8 Å². The van der Waals surface area contributed by atoms with Gasteiger partial charge in [0.05, 0.1) is 33.9 Å². The highest BCUT2D eigenvalue weighted by Gasteiger charge is 2.45. The van der Waals surface area contributed by atoms with Crippen LogP contribution < -0.4 is 5.32 Å². The number of nitrogens with one attached hydrogen (secondary N) is 1. The molecule has 0 aliphatic carbocycles. The number of alkyl halides is 3. The van der Waals surface area contributed by atoms with Crippen molar-refractivity contribution >= 4 is 27.1 Å². The van der Waals surface area contributed by atoms with Gasteiger partial charge >= 0.3 is 6.18 Å². The van der Waals surface area contributed by atoms with Gasteiger partial charge in [-0.3, -0.25) is 14.7 Å². The van der Waals surface area contributed by atoms with Crippen molar-refractivity contribution in [2.24, 2.45) is 0 Å². The summed E-state index contributed by atoms with van der Waals surface area (Å²) in [5, 5.41) is 2.88. The third-order valence-corrected chi connectivity index (χ3v) is 11.0. The molecule has 1 spiro atoms. The molecular weight excluding hydrogens is 591 g/mol. The van der Waals surface area contributed by atoms with Crippen LogP contribution in [0.2, 0.25) is 0 Å². The monoisotopic (exact) mass is 623 g/mol. The van der Waals surface area contributed by atoms with E-state index >= 15 is 0 Å². The maximum absolute atomic E-state index is 13.1. The SMILES string of the molecule is CCS(=O)(=O)c1ccc(CNC(=O)c2cc3c(s2)C2(CCN([C@H](C)c4cnc(C(F)(F)F)nc4)CC2)OC(C)C3)nc1. The standard InChI is InChI=1S/C28H32F3N5O4S2/c1-4-42(38,39)22-6-5-21(32-16-22)15-33-25(37)23-12-19-11-17(2)40-27(24(19)41-23)7-9-36(10-8-27)18(3)20-13-34-26(35-14-20)28(29,30)31/h5-6,12-14,16-18H,4,7-11,15H2,1-3H3,(H,33,37)/t17?,18-/m1/s1. The summed E-state index contributed by atoms with van der Waals surface area (Å²) in [7, 11) is -3.34. The number of likely N-dealkylation sites (tertiary alicyclic amines) is 1. The summed E-state index contributed by atoms with van der Waals surface area (Å²) in [6.07, 6.45) is 1.22. The summed E-state index contributed by atoms with van der Waals surface area (Å²) >= 11 is 1.42. The lowest BCUT2D eigenvalue weighted by atomic mass is 9.83. The van der Waals surface area contributed by atoms with Crippen molar-refractivity contribution in [2.75, 3.05) is 18.8 Å². The molecular formula is C28H32F3N5O4S2. The van der Waals surface area contributed by atoms with Gasteiger partial charge in [-0.1, -0.05) is 6.92 Å². The van der Waals surface area contributed by atoms with Crippen molar-refractivity contribution < 1.29 is 31.1 Å². The Hall–Kier alpha value is -2.94. The van der Waals surface area contributed by atoms with Gasteiger partial charge in [-0.15, -0.1) is 11.3 Å². The van der Waals surface area contributed by atoms with Crippen LogP contribution in [0.3, 0.4) is 0 Å². The van der Waals surface area contributed by atoms with Crippen LogP contribution in [0.25, 0.3) is 0 Å². The van der Waals surface area contributed by atoms with Gasteiger partial charge in [-0.05, 0) is 56.9 Å². The second-order valence-corrected chi connectivity index (χ2v) is 14.0. The van der Waals surface area contributed by atoms with E-state index in [4.69, 9.17) is 4.74 Å². The van der Waals surface area contributed by atoms with E-state index in [1.807, 2.05) is 19.9 Å². The summed E-state index contributed by atoms with van der Waals surface area (Å²) in [5.74, 6) is -1.40. The predicted octanol–water partition coefficient (Wildman–Crippen LogP) is 4.69. The molecule has 0 aromatic carbocycles. The molecule has 0 radical (unpaired) electrons. The Bertz CT molecular complexity index is 1530. The van der Waals surface area contributed by atoms with E-state index in [0.717, 1.165) is 10.4 Å². The molecule has 3 aromatic heterocycles. The minimum absolute atomic E-state index is 0.0111. The van der Waals surface area contributed by atoms with Crippen LogP contribution in [0, 0.1) is 0 Å². The van der Waals surface area contributed by atoms with Gasteiger partial charge < -0.3 is 10.1 Å². The summed E-state index contributed by atoms with van der Waals surface area (Å²) in [5.41, 5.74) is 1.72. The number of piperidine rings is 1. The van der Waals surface area contributed by atoms with Crippen LogP contribution in [0.15, 0.2) is 41.7 Å². The molecule has 42 heavy (non-hydrogen) atoms. The maximum atomic E-state index is 13.1. The summed E-state index contributed by atoms with van der Waals surface area (Å²) < 4.78 is 69.2. The van der Waals surface area contributed by atoms with E-state index in [2.05, 4.69) is 25.2 Å². The molecule has 1 N–H and O–H groups in total. The fraction of sp³-hybridized carbons (Fsp3) is 0.500. The van der Waals surface area contributed by atoms with E-state index in [9.17, 15) is 26.4 Å². The molecule has 0 bridgehead atoms. The van der Waals surface area contributed by atoms with Crippen molar-refractivity contribution in [3.05, 3.63) is 69.2 Å². The fourth-order valence-corrected chi connectivity index (χ4v) is 7.64.